The van der Waals surface area contributed by atoms with Crippen LogP contribution in [0.2, 0.25) is 0 Å². The van der Waals surface area contributed by atoms with Gasteiger partial charge in [0.05, 0.1) is 12.2 Å². The number of anilines is 1. The molecule has 5 amide bonds. The number of amides is 5. The van der Waals surface area contributed by atoms with Gasteiger partial charge in [-0.05, 0) is 42.5 Å². The zero-order chi connectivity index (χ0) is 24.2. The highest BCUT2D eigenvalue weighted by Crippen LogP contribution is 2.32. The van der Waals surface area contributed by atoms with Crippen molar-refractivity contribution in [2.75, 3.05) is 31.7 Å². The summed E-state index contributed by atoms with van der Waals surface area (Å²) in [4.78, 5) is 53.7. The third-order valence-corrected chi connectivity index (χ3v) is 6.32. The maximum absolute atomic E-state index is 13.3. The standard InChI is InChI=1S/C23H25FN4O4S/c1-4-23(15-9-11-16(24)12-10-15)21(31)28(22(32)26-23)14-20(30)27(2)13-19(29)25-17-7-5-6-8-18(17)33-3/h5-12H,4,13-14H2,1-3H3,(H,25,29)(H,26,32)/t23-/m0/s1. The quantitative estimate of drug-likeness (QED) is 0.455. The monoisotopic (exact) mass is 472 g/mol. The molecule has 1 atom stereocenters. The number of benzene rings is 2. The average molecular weight is 473 g/mol. The van der Waals surface area contributed by atoms with Gasteiger partial charge < -0.3 is 15.5 Å². The highest BCUT2D eigenvalue weighted by Gasteiger charge is 2.51. The van der Waals surface area contributed by atoms with Crippen LogP contribution in [-0.4, -0.2) is 59.9 Å². The second-order valence-electron chi connectivity index (χ2n) is 7.59. The Hall–Kier alpha value is -3.40. The first-order valence-corrected chi connectivity index (χ1v) is 11.5. The highest BCUT2D eigenvalue weighted by molar-refractivity contribution is 7.98. The summed E-state index contributed by atoms with van der Waals surface area (Å²) >= 11 is 1.48. The second kappa shape index (κ2) is 10.0. The molecule has 1 aliphatic rings. The van der Waals surface area contributed by atoms with Gasteiger partial charge in [-0.2, -0.15) is 0 Å². The minimum Gasteiger partial charge on any atom is -0.335 e. The van der Waals surface area contributed by atoms with E-state index in [1.807, 2.05) is 18.4 Å². The number of imide groups is 1. The van der Waals surface area contributed by atoms with Crippen LogP contribution >= 0.6 is 11.8 Å². The number of nitrogens with one attached hydrogen (secondary N) is 2. The summed E-state index contributed by atoms with van der Waals surface area (Å²) in [5.74, 6) is -2.04. The van der Waals surface area contributed by atoms with E-state index in [9.17, 15) is 23.6 Å². The molecule has 3 rings (SSSR count). The van der Waals surface area contributed by atoms with Gasteiger partial charge in [-0.25, -0.2) is 9.18 Å². The summed E-state index contributed by atoms with van der Waals surface area (Å²) in [6.07, 6.45) is 2.11. The molecule has 0 spiro atoms. The van der Waals surface area contributed by atoms with Gasteiger partial charge in [-0.15, -0.1) is 11.8 Å². The molecular weight excluding hydrogens is 447 g/mol. The predicted molar refractivity (Wildman–Crippen MR) is 123 cm³/mol. The van der Waals surface area contributed by atoms with Crippen molar-refractivity contribution in [3.63, 3.8) is 0 Å². The summed E-state index contributed by atoms with van der Waals surface area (Å²) in [6, 6.07) is 11.9. The molecule has 174 valence electrons. The molecule has 0 radical (unpaired) electrons. The second-order valence-corrected chi connectivity index (χ2v) is 8.43. The van der Waals surface area contributed by atoms with Crippen LogP contribution in [0.5, 0.6) is 0 Å². The molecule has 33 heavy (non-hydrogen) atoms. The summed E-state index contributed by atoms with van der Waals surface area (Å²) in [5, 5.41) is 5.41. The summed E-state index contributed by atoms with van der Waals surface area (Å²) < 4.78 is 13.3. The van der Waals surface area contributed by atoms with Gasteiger partial charge in [0.2, 0.25) is 11.8 Å². The van der Waals surface area contributed by atoms with Gasteiger partial charge in [0.15, 0.2) is 0 Å². The fourth-order valence-corrected chi connectivity index (χ4v) is 4.19. The van der Waals surface area contributed by atoms with Crippen molar-refractivity contribution in [1.29, 1.82) is 0 Å². The van der Waals surface area contributed by atoms with Crippen LogP contribution in [0.25, 0.3) is 0 Å². The average Bonchev–Trinajstić information content (AvgIpc) is 3.04. The molecule has 0 aliphatic carbocycles. The number of likely N-dealkylation sites (N-methyl/N-ethyl adjacent to an activating group) is 1. The first-order chi connectivity index (χ1) is 15.7. The normalized spacial score (nSPS) is 17.6. The maximum atomic E-state index is 13.3. The topological polar surface area (TPSA) is 98.8 Å². The third-order valence-electron chi connectivity index (χ3n) is 5.52. The molecule has 0 aromatic heterocycles. The van der Waals surface area contributed by atoms with Crippen LogP contribution < -0.4 is 10.6 Å². The number of rotatable bonds is 8. The van der Waals surface area contributed by atoms with Crippen molar-refractivity contribution >= 4 is 41.2 Å². The number of halogens is 1. The Kier molecular flexibility index (Phi) is 7.37. The molecule has 1 saturated heterocycles. The number of nitrogens with zero attached hydrogens (tertiary/aromatic N) is 2. The number of carbonyl (C=O) groups excluding carboxylic acids is 4. The van der Waals surface area contributed by atoms with E-state index in [2.05, 4.69) is 10.6 Å². The number of thioether (sulfide) groups is 1. The van der Waals surface area contributed by atoms with E-state index < -0.39 is 41.7 Å². The predicted octanol–water partition coefficient (Wildman–Crippen LogP) is 2.80. The lowest BCUT2D eigenvalue weighted by atomic mass is 9.87. The lowest BCUT2D eigenvalue weighted by molar-refractivity contribution is -0.139. The smallest absolute Gasteiger partial charge is 0.325 e. The zero-order valence-electron chi connectivity index (χ0n) is 18.6. The number of hydrogen-bond donors (Lipinski definition) is 2. The molecule has 1 fully saturated rings. The van der Waals surface area contributed by atoms with Gasteiger partial charge in [-0.1, -0.05) is 31.2 Å². The summed E-state index contributed by atoms with van der Waals surface area (Å²) in [7, 11) is 1.42. The van der Waals surface area contributed by atoms with E-state index in [1.165, 1.54) is 43.1 Å². The lowest BCUT2D eigenvalue weighted by Crippen LogP contribution is -2.46. The van der Waals surface area contributed by atoms with Gasteiger partial charge in [-0.3, -0.25) is 19.3 Å². The van der Waals surface area contributed by atoms with Crippen molar-refractivity contribution in [2.24, 2.45) is 0 Å². The van der Waals surface area contributed by atoms with Crippen molar-refractivity contribution < 1.29 is 23.6 Å². The molecule has 1 heterocycles. The van der Waals surface area contributed by atoms with Crippen LogP contribution in [-0.2, 0) is 19.9 Å². The zero-order valence-corrected chi connectivity index (χ0v) is 19.4. The fraction of sp³-hybridized carbons (Fsp3) is 0.304. The Labute approximate surface area is 195 Å². The van der Waals surface area contributed by atoms with Crippen molar-refractivity contribution in [3.05, 3.63) is 59.9 Å². The Morgan fingerprint density at radius 2 is 1.82 bits per heavy atom. The van der Waals surface area contributed by atoms with Crippen LogP contribution in [0.15, 0.2) is 53.4 Å². The molecule has 1 aliphatic heterocycles. The molecule has 0 unspecified atom stereocenters. The van der Waals surface area contributed by atoms with Crippen molar-refractivity contribution in [3.8, 4) is 0 Å². The van der Waals surface area contributed by atoms with E-state index in [1.54, 1.807) is 19.1 Å². The lowest BCUT2D eigenvalue weighted by Gasteiger charge is -2.26. The van der Waals surface area contributed by atoms with Crippen LogP contribution in [0, 0.1) is 5.82 Å². The molecule has 2 aromatic rings. The van der Waals surface area contributed by atoms with Crippen LogP contribution in [0.1, 0.15) is 18.9 Å². The largest absolute Gasteiger partial charge is 0.335 e. The van der Waals surface area contributed by atoms with Crippen molar-refractivity contribution in [1.82, 2.24) is 15.1 Å². The van der Waals surface area contributed by atoms with Gasteiger partial charge in [0, 0.05) is 11.9 Å². The number of urea groups is 1. The Balaban J connectivity index is 1.66. The fourth-order valence-electron chi connectivity index (χ4n) is 3.64. The SMILES string of the molecule is CC[C@@]1(c2ccc(F)cc2)NC(=O)N(CC(=O)N(C)CC(=O)Nc2ccccc2SC)C1=O. The van der Waals surface area contributed by atoms with Crippen LogP contribution in [0.4, 0.5) is 14.9 Å². The van der Waals surface area contributed by atoms with Crippen LogP contribution in [0.3, 0.4) is 0 Å². The minimum absolute atomic E-state index is 0.223. The van der Waals surface area contributed by atoms with Gasteiger partial charge >= 0.3 is 6.03 Å². The first kappa shape index (κ1) is 24.2. The van der Waals surface area contributed by atoms with Gasteiger partial charge in [0.1, 0.15) is 17.9 Å². The minimum atomic E-state index is -1.37. The summed E-state index contributed by atoms with van der Waals surface area (Å²) in [6.45, 7) is 0.955. The van der Waals surface area contributed by atoms with E-state index >= 15 is 0 Å². The molecule has 2 N–H and O–H groups in total. The molecule has 0 saturated carbocycles. The third kappa shape index (κ3) is 5.00. The van der Waals surface area contributed by atoms with Gasteiger partial charge in [0.25, 0.3) is 5.91 Å². The van der Waals surface area contributed by atoms with E-state index in [-0.39, 0.29) is 13.0 Å². The Bertz CT molecular complexity index is 1080. The molecule has 0 bridgehead atoms. The number of carbonyl (C=O) groups is 4. The number of hydrogen-bond acceptors (Lipinski definition) is 5. The maximum Gasteiger partial charge on any atom is 0.325 e. The van der Waals surface area contributed by atoms with E-state index in [0.29, 0.717) is 11.3 Å². The highest BCUT2D eigenvalue weighted by atomic mass is 32.2. The molecule has 8 nitrogen and oxygen atoms in total. The summed E-state index contributed by atoms with van der Waals surface area (Å²) in [5.41, 5.74) is -0.306. The van der Waals surface area contributed by atoms with E-state index in [4.69, 9.17) is 0 Å². The van der Waals surface area contributed by atoms with E-state index in [0.717, 1.165) is 14.7 Å². The molecular formula is C23H25FN4O4S. The first-order valence-electron chi connectivity index (χ1n) is 10.3. The Morgan fingerprint density at radius 1 is 1.15 bits per heavy atom. The number of para-hydroxylation sites is 1. The Morgan fingerprint density at radius 3 is 2.45 bits per heavy atom. The van der Waals surface area contributed by atoms with Crippen molar-refractivity contribution in [2.45, 2.75) is 23.8 Å². The molecule has 2 aromatic carbocycles. The molecule has 10 heteroatoms.